The SMILES string of the molecule is NCCNC(=O)C1CCCC1N. The van der Waals surface area contributed by atoms with Crippen molar-refractivity contribution >= 4 is 5.91 Å². The van der Waals surface area contributed by atoms with Crippen molar-refractivity contribution in [1.29, 1.82) is 0 Å². The lowest BCUT2D eigenvalue weighted by Gasteiger charge is -2.14. The fourth-order valence-electron chi connectivity index (χ4n) is 1.64. The molecule has 1 rings (SSSR count). The monoisotopic (exact) mass is 171 g/mol. The highest BCUT2D eigenvalue weighted by atomic mass is 16.1. The third kappa shape index (κ3) is 2.19. The second-order valence-corrected chi connectivity index (χ2v) is 3.28. The molecular weight excluding hydrogens is 154 g/mol. The Morgan fingerprint density at radius 2 is 2.25 bits per heavy atom. The number of carbonyl (C=O) groups excluding carboxylic acids is 1. The number of nitrogens with two attached hydrogens (primary N) is 2. The Balaban J connectivity index is 2.30. The molecule has 0 aromatic carbocycles. The smallest absolute Gasteiger partial charge is 0.224 e. The summed E-state index contributed by atoms with van der Waals surface area (Å²) in [5, 5.41) is 2.76. The molecule has 0 heterocycles. The molecule has 0 radical (unpaired) electrons. The molecule has 4 nitrogen and oxygen atoms in total. The van der Waals surface area contributed by atoms with Crippen LogP contribution < -0.4 is 16.8 Å². The van der Waals surface area contributed by atoms with E-state index in [1.54, 1.807) is 0 Å². The summed E-state index contributed by atoms with van der Waals surface area (Å²) in [5.41, 5.74) is 11.0. The number of carbonyl (C=O) groups is 1. The molecule has 1 fully saturated rings. The van der Waals surface area contributed by atoms with Crippen LogP contribution in [-0.2, 0) is 4.79 Å². The summed E-state index contributed by atoms with van der Waals surface area (Å²) in [4.78, 5) is 11.4. The largest absolute Gasteiger partial charge is 0.355 e. The van der Waals surface area contributed by atoms with Crippen molar-refractivity contribution in [3.8, 4) is 0 Å². The van der Waals surface area contributed by atoms with Gasteiger partial charge < -0.3 is 16.8 Å². The van der Waals surface area contributed by atoms with E-state index in [0.29, 0.717) is 13.1 Å². The fraction of sp³-hybridized carbons (Fsp3) is 0.875. The van der Waals surface area contributed by atoms with Crippen LogP contribution >= 0.6 is 0 Å². The first kappa shape index (κ1) is 9.48. The molecule has 2 atom stereocenters. The Morgan fingerprint density at radius 1 is 1.50 bits per heavy atom. The van der Waals surface area contributed by atoms with Gasteiger partial charge in [-0.3, -0.25) is 4.79 Å². The summed E-state index contributed by atoms with van der Waals surface area (Å²) in [7, 11) is 0. The van der Waals surface area contributed by atoms with Gasteiger partial charge in [-0.15, -0.1) is 0 Å². The zero-order valence-electron chi connectivity index (χ0n) is 7.25. The van der Waals surface area contributed by atoms with E-state index in [1.165, 1.54) is 0 Å². The van der Waals surface area contributed by atoms with Crippen molar-refractivity contribution in [2.24, 2.45) is 17.4 Å². The van der Waals surface area contributed by atoms with Crippen LogP contribution in [-0.4, -0.2) is 25.0 Å². The van der Waals surface area contributed by atoms with Gasteiger partial charge >= 0.3 is 0 Å². The van der Waals surface area contributed by atoms with Gasteiger partial charge in [0.05, 0.1) is 5.92 Å². The van der Waals surface area contributed by atoms with Crippen LogP contribution in [0.5, 0.6) is 0 Å². The average molecular weight is 171 g/mol. The van der Waals surface area contributed by atoms with Gasteiger partial charge in [-0.1, -0.05) is 6.42 Å². The van der Waals surface area contributed by atoms with Crippen molar-refractivity contribution in [3.63, 3.8) is 0 Å². The van der Waals surface area contributed by atoms with Gasteiger partial charge in [0.1, 0.15) is 0 Å². The normalized spacial score (nSPS) is 28.8. The van der Waals surface area contributed by atoms with Gasteiger partial charge in [0, 0.05) is 19.1 Å². The van der Waals surface area contributed by atoms with Crippen LogP contribution in [0.4, 0.5) is 0 Å². The maximum absolute atomic E-state index is 11.4. The molecule has 70 valence electrons. The van der Waals surface area contributed by atoms with Gasteiger partial charge in [-0.05, 0) is 12.8 Å². The highest BCUT2D eigenvalue weighted by Gasteiger charge is 2.29. The zero-order chi connectivity index (χ0) is 8.97. The molecule has 0 aromatic heterocycles. The first-order valence-corrected chi connectivity index (χ1v) is 4.49. The third-order valence-corrected chi connectivity index (χ3v) is 2.35. The summed E-state index contributed by atoms with van der Waals surface area (Å²) >= 11 is 0. The molecule has 12 heavy (non-hydrogen) atoms. The molecule has 0 spiro atoms. The topological polar surface area (TPSA) is 81.1 Å². The van der Waals surface area contributed by atoms with E-state index in [4.69, 9.17) is 11.5 Å². The van der Waals surface area contributed by atoms with Gasteiger partial charge in [-0.2, -0.15) is 0 Å². The summed E-state index contributed by atoms with van der Waals surface area (Å²) in [6, 6.07) is 0.0581. The van der Waals surface area contributed by atoms with Gasteiger partial charge in [0.15, 0.2) is 0 Å². The predicted molar refractivity (Wildman–Crippen MR) is 47.4 cm³/mol. The minimum Gasteiger partial charge on any atom is -0.355 e. The quantitative estimate of drug-likeness (QED) is 0.519. The summed E-state index contributed by atoms with van der Waals surface area (Å²) in [6.45, 7) is 1.05. The number of hydrogen-bond acceptors (Lipinski definition) is 3. The van der Waals surface area contributed by atoms with Crippen LogP contribution in [0, 0.1) is 5.92 Å². The molecule has 4 heteroatoms. The molecule has 2 unspecified atom stereocenters. The molecule has 5 N–H and O–H groups in total. The van der Waals surface area contributed by atoms with Gasteiger partial charge in [0.25, 0.3) is 0 Å². The molecule has 0 aromatic rings. The predicted octanol–water partition coefficient (Wildman–Crippen LogP) is -0.811. The van der Waals surface area contributed by atoms with E-state index in [2.05, 4.69) is 5.32 Å². The summed E-state index contributed by atoms with van der Waals surface area (Å²) in [5.74, 6) is 0.0991. The Morgan fingerprint density at radius 3 is 2.75 bits per heavy atom. The Labute approximate surface area is 72.7 Å². The number of nitrogens with one attached hydrogen (secondary N) is 1. The minimum absolute atomic E-state index is 0.0246. The fourth-order valence-corrected chi connectivity index (χ4v) is 1.64. The standard InChI is InChI=1S/C8H17N3O/c9-4-5-11-8(12)6-2-1-3-7(6)10/h6-7H,1-5,9-10H2,(H,11,12). The van der Waals surface area contributed by atoms with Gasteiger partial charge in [0.2, 0.25) is 5.91 Å². The van der Waals surface area contributed by atoms with Crippen LogP contribution in [0.2, 0.25) is 0 Å². The zero-order valence-corrected chi connectivity index (χ0v) is 7.25. The second kappa shape index (κ2) is 4.42. The number of hydrogen-bond donors (Lipinski definition) is 3. The highest BCUT2D eigenvalue weighted by molar-refractivity contribution is 5.79. The van der Waals surface area contributed by atoms with Crippen LogP contribution in [0.3, 0.4) is 0 Å². The molecular formula is C8H17N3O. The van der Waals surface area contributed by atoms with E-state index in [-0.39, 0.29) is 17.9 Å². The maximum Gasteiger partial charge on any atom is 0.224 e. The number of rotatable bonds is 3. The molecule has 0 saturated heterocycles. The third-order valence-electron chi connectivity index (χ3n) is 2.35. The minimum atomic E-state index is 0.0246. The first-order chi connectivity index (χ1) is 5.75. The molecule has 1 amide bonds. The van der Waals surface area contributed by atoms with Crippen molar-refractivity contribution < 1.29 is 4.79 Å². The van der Waals surface area contributed by atoms with Crippen molar-refractivity contribution in [2.75, 3.05) is 13.1 Å². The van der Waals surface area contributed by atoms with Gasteiger partial charge in [-0.25, -0.2) is 0 Å². The number of amides is 1. The van der Waals surface area contributed by atoms with Crippen molar-refractivity contribution in [2.45, 2.75) is 25.3 Å². The molecule has 0 aliphatic heterocycles. The lowest BCUT2D eigenvalue weighted by molar-refractivity contribution is -0.125. The molecule has 1 saturated carbocycles. The van der Waals surface area contributed by atoms with Crippen molar-refractivity contribution in [3.05, 3.63) is 0 Å². The Kier molecular flexibility index (Phi) is 3.49. The lowest BCUT2D eigenvalue weighted by Crippen LogP contribution is -2.40. The van der Waals surface area contributed by atoms with E-state index >= 15 is 0 Å². The second-order valence-electron chi connectivity index (χ2n) is 3.28. The van der Waals surface area contributed by atoms with Crippen molar-refractivity contribution in [1.82, 2.24) is 5.32 Å². The molecule has 1 aliphatic carbocycles. The Hall–Kier alpha value is -0.610. The first-order valence-electron chi connectivity index (χ1n) is 4.49. The average Bonchev–Trinajstić information content (AvgIpc) is 2.47. The highest BCUT2D eigenvalue weighted by Crippen LogP contribution is 2.23. The maximum atomic E-state index is 11.4. The Bertz CT molecular complexity index is 160. The summed E-state index contributed by atoms with van der Waals surface area (Å²) < 4.78 is 0. The van der Waals surface area contributed by atoms with E-state index in [9.17, 15) is 4.79 Å². The molecule has 0 bridgehead atoms. The summed E-state index contributed by atoms with van der Waals surface area (Å²) in [6.07, 6.45) is 2.97. The van der Waals surface area contributed by atoms with Crippen LogP contribution in [0.25, 0.3) is 0 Å². The van der Waals surface area contributed by atoms with Crippen LogP contribution in [0.1, 0.15) is 19.3 Å². The molecule has 1 aliphatic rings. The van der Waals surface area contributed by atoms with Crippen LogP contribution in [0.15, 0.2) is 0 Å². The lowest BCUT2D eigenvalue weighted by atomic mass is 10.0. The van der Waals surface area contributed by atoms with E-state index in [0.717, 1.165) is 19.3 Å². The van der Waals surface area contributed by atoms with E-state index in [1.807, 2.05) is 0 Å². The van der Waals surface area contributed by atoms with E-state index < -0.39 is 0 Å².